The van der Waals surface area contributed by atoms with Crippen molar-refractivity contribution in [1.29, 1.82) is 0 Å². The van der Waals surface area contributed by atoms with Crippen molar-refractivity contribution >= 4 is 35.1 Å². The molecule has 0 radical (unpaired) electrons. The summed E-state index contributed by atoms with van der Waals surface area (Å²) >= 11 is 13.2. The number of carboxylic acids is 2. The minimum Gasteiger partial charge on any atom is -0.487 e. The van der Waals surface area contributed by atoms with Crippen LogP contribution in [0.15, 0.2) is 60.7 Å². The summed E-state index contributed by atoms with van der Waals surface area (Å²) in [5, 5.41) is 21.9. The predicted molar refractivity (Wildman–Crippen MR) is 192 cm³/mol. The number of carboxylic acid groups (broad SMARTS) is 2. The Hall–Kier alpha value is -4.04. The normalized spacial score (nSPS) is 11.0. The molecule has 3 N–H and O–H groups in total. The van der Waals surface area contributed by atoms with Gasteiger partial charge in [0, 0.05) is 19.5 Å². The van der Waals surface area contributed by atoms with E-state index in [1.54, 1.807) is 0 Å². The van der Waals surface area contributed by atoms with Crippen molar-refractivity contribution in [2.45, 2.75) is 79.6 Å². The van der Waals surface area contributed by atoms with Gasteiger partial charge in [0.15, 0.2) is 0 Å². The van der Waals surface area contributed by atoms with Crippen LogP contribution in [0.2, 0.25) is 10.0 Å². The molecule has 0 aliphatic rings. The summed E-state index contributed by atoms with van der Waals surface area (Å²) in [6, 6.07) is 20.1. The van der Waals surface area contributed by atoms with Gasteiger partial charge in [-0.3, -0.25) is 9.59 Å². The van der Waals surface area contributed by atoms with Crippen LogP contribution in [0.4, 0.5) is 0 Å². The molecule has 0 saturated carbocycles. The monoisotopic (exact) mass is 691 g/mol. The molecule has 7 nitrogen and oxygen atoms in total. The highest BCUT2D eigenvalue weighted by atomic mass is 35.5. The zero-order valence-corrected chi connectivity index (χ0v) is 29.4. The molecule has 0 atom stereocenters. The number of rotatable bonds is 17. The average molecular weight is 693 g/mol. The maximum absolute atomic E-state index is 10.8. The molecule has 254 valence electrons. The van der Waals surface area contributed by atoms with E-state index in [1.165, 1.54) is 0 Å². The van der Waals surface area contributed by atoms with Gasteiger partial charge in [0.1, 0.15) is 24.7 Å². The molecule has 0 aliphatic carbocycles. The van der Waals surface area contributed by atoms with Crippen LogP contribution in [0.3, 0.4) is 0 Å². The molecule has 48 heavy (non-hydrogen) atoms. The summed E-state index contributed by atoms with van der Waals surface area (Å²) in [7, 11) is 0. The average Bonchev–Trinajstić information content (AvgIpc) is 3.04. The molecular formula is C39H43Cl2NO6. The smallest absolute Gasteiger partial charge is 0.304 e. The SMILES string of the molecule is Cc1cc(OCc2cccc(-c3cccc(COc4cc(C)c(CNCCC(=O)O)cc4Cl)c3C)c2C)c(Cl)cc1CCCCC(=O)O. The first-order valence-corrected chi connectivity index (χ1v) is 16.9. The van der Waals surface area contributed by atoms with Gasteiger partial charge < -0.3 is 25.0 Å². The zero-order chi connectivity index (χ0) is 34.8. The second kappa shape index (κ2) is 17.4. The van der Waals surface area contributed by atoms with Crippen molar-refractivity contribution in [3.05, 3.63) is 115 Å². The molecular weight excluding hydrogens is 649 g/mol. The van der Waals surface area contributed by atoms with Gasteiger partial charge in [-0.05, 0) is 127 Å². The van der Waals surface area contributed by atoms with Crippen molar-refractivity contribution in [1.82, 2.24) is 5.32 Å². The maximum atomic E-state index is 10.8. The van der Waals surface area contributed by atoms with Gasteiger partial charge in [-0.1, -0.05) is 59.6 Å². The van der Waals surface area contributed by atoms with E-state index in [-0.39, 0.29) is 12.8 Å². The lowest BCUT2D eigenvalue weighted by Gasteiger charge is -2.18. The van der Waals surface area contributed by atoms with Gasteiger partial charge in [-0.15, -0.1) is 0 Å². The third kappa shape index (κ3) is 9.99. The van der Waals surface area contributed by atoms with Crippen molar-refractivity contribution in [2.75, 3.05) is 6.54 Å². The Morgan fingerprint density at radius 3 is 1.69 bits per heavy atom. The number of nitrogens with one attached hydrogen (secondary N) is 1. The van der Waals surface area contributed by atoms with Crippen molar-refractivity contribution < 1.29 is 29.3 Å². The molecule has 0 amide bonds. The standard InChI is InChI=1S/C39H43Cl2NO6/c1-24-17-36(34(40)19-28(24)9-5-6-14-38(43)44)47-22-29-10-7-12-32(26(29)3)33-13-8-11-30(27(33)4)23-48-37-18-25(2)31(20-35(37)41)21-42-16-15-39(45)46/h7-8,10-13,17-20,42H,5-6,9,14-16,21-23H2,1-4H3,(H,43,44)(H,45,46). The fourth-order valence-corrected chi connectivity index (χ4v) is 6.14. The molecule has 4 rings (SSSR count). The topological polar surface area (TPSA) is 105 Å². The number of ether oxygens (including phenoxy) is 2. The Bertz CT molecular complexity index is 1640. The van der Waals surface area contributed by atoms with E-state index in [2.05, 4.69) is 43.4 Å². The zero-order valence-electron chi connectivity index (χ0n) is 27.9. The fraction of sp³-hybridized carbons (Fsp3) is 0.333. The second-order valence-corrected chi connectivity index (χ2v) is 12.9. The predicted octanol–water partition coefficient (Wildman–Crippen LogP) is 9.41. The molecule has 0 bridgehead atoms. The number of hydrogen-bond acceptors (Lipinski definition) is 5. The van der Waals surface area contributed by atoms with E-state index in [4.69, 9.17) is 42.9 Å². The fourth-order valence-electron chi connectivity index (χ4n) is 5.66. The van der Waals surface area contributed by atoms with Gasteiger partial charge >= 0.3 is 11.9 Å². The van der Waals surface area contributed by atoms with E-state index >= 15 is 0 Å². The highest BCUT2D eigenvalue weighted by Crippen LogP contribution is 2.34. The summed E-state index contributed by atoms with van der Waals surface area (Å²) in [6.07, 6.45) is 2.44. The minimum atomic E-state index is -0.833. The summed E-state index contributed by atoms with van der Waals surface area (Å²) in [4.78, 5) is 21.6. The van der Waals surface area contributed by atoms with Gasteiger partial charge in [-0.2, -0.15) is 0 Å². The Labute approximate surface area is 292 Å². The highest BCUT2D eigenvalue weighted by molar-refractivity contribution is 6.32. The first-order chi connectivity index (χ1) is 22.9. The highest BCUT2D eigenvalue weighted by Gasteiger charge is 2.15. The van der Waals surface area contributed by atoms with Crippen LogP contribution in [0.25, 0.3) is 11.1 Å². The molecule has 9 heteroatoms. The Morgan fingerprint density at radius 2 is 1.17 bits per heavy atom. The lowest BCUT2D eigenvalue weighted by molar-refractivity contribution is -0.138. The van der Waals surface area contributed by atoms with Crippen LogP contribution in [0, 0.1) is 27.7 Å². The minimum absolute atomic E-state index is 0.0634. The Kier molecular flexibility index (Phi) is 13.3. The molecule has 0 saturated heterocycles. The van der Waals surface area contributed by atoms with Crippen LogP contribution in [0.1, 0.15) is 70.2 Å². The summed E-state index contributed by atoms with van der Waals surface area (Å²) < 4.78 is 12.4. The Balaban J connectivity index is 1.43. The molecule has 4 aromatic carbocycles. The van der Waals surface area contributed by atoms with Gasteiger partial charge in [0.05, 0.1) is 16.5 Å². The number of hydrogen-bond donors (Lipinski definition) is 3. The maximum Gasteiger partial charge on any atom is 0.304 e. The van der Waals surface area contributed by atoms with E-state index in [0.717, 1.165) is 68.5 Å². The molecule has 0 heterocycles. The first kappa shape index (κ1) is 36.8. The Morgan fingerprint density at radius 1 is 0.667 bits per heavy atom. The summed E-state index contributed by atoms with van der Waals surface area (Å²) in [6.45, 7) is 9.84. The van der Waals surface area contributed by atoms with Gasteiger partial charge in [0.25, 0.3) is 0 Å². The van der Waals surface area contributed by atoms with Crippen molar-refractivity contribution in [3.63, 3.8) is 0 Å². The number of aryl methyl sites for hydroxylation is 3. The first-order valence-electron chi connectivity index (χ1n) is 16.1. The van der Waals surface area contributed by atoms with Crippen LogP contribution in [-0.2, 0) is 35.8 Å². The van der Waals surface area contributed by atoms with Crippen LogP contribution >= 0.6 is 23.2 Å². The number of benzene rings is 4. The molecule has 0 unspecified atom stereocenters. The lowest BCUT2D eigenvalue weighted by atomic mass is 9.92. The third-order valence-electron chi connectivity index (χ3n) is 8.65. The number of carbonyl (C=O) groups is 2. The van der Waals surface area contributed by atoms with E-state index in [0.29, 0.717) is 54.3 Å². The molecule has 0 aromatic heterocycles. The quantitative estimate of drug-likeness (QED) is 0.0948. The van der Waals surface area contributed by atoms with Crippen LogP contribution in [0.5, 0.6) is 11.5 Å². The molecule has 0 fully saturated rings. The lowest BCUT2D eigenvalue weighted by Crippen LogP contribution is -2.18. The second-order valence-electron chi connectivity index (χ2n) is 12.1. The third-order valence-corrected chi connectivity index (χ3v) is 9.24. The largest absolute Gasteiger partial charge is 0.487 e. The van der Waals surface area contributed by atoms with E-state index in [9.17, 15) is 9.59 Å². The van der Waals surface area contributed by atoms with Crippen LogP contribution in [-0.4, -0.2) is 28.7 Å². The van der Waals surface area contributed by atoms with Crippen molar-refractivity contribution in [2.24, 2.45) is 0 Å². The molecule has 4 aromatic rings. The number of halogens is 2. The summed E-state index contributed by atoms with van der Waals surface area (Å²) in [5.74, 6) is -0.380. The van der Waals surface area contributed by atoms with Crippen molar-refractivity contribution in [3.8, 4) is 22.6 Å². The number of unbranched alkanes of at least 4 members (excludes halogenated alkanes) is 1. The molecule has 0 spiro atoms. The van der Waals surface area contributed by atoms with Gasteiger partial charge in [-0.25, -0.2) is 0 Å². The van der Waals surface area contributed by atoms with E-state index in [1.807, 2.05) is 50.2 Å². The number of aliphatic carboxylic acids is 2. The molecule has 0 aliphatic heterocycles. The van der Waals surface area contributed by atoms with Gasteiger partial charge in [0.2, 0.25) is 0 Å². The summed E-state index contributed by atoms with van der Waals surface area (Å²) in [5.41, 5.74) is 10.7. The van der Waals surface area contributed by atoms with Crippen LogP contribution < -0.4 is 14.8 Å². The van der Waals surface area contributed by atoms with E-state index < -0.39 is 11.9 Å².